The van der Waals surface area contributed by atoms with E-state index in [1.807, 2.05) is 50.2 Å². The average Bonchev–Trinajstić information content (AvgIpc) is 3.24. The van der Waals surface area contributed by atoms with Gasteiger partial charge in [0.05, 0.1) is 12.2 Å². The minimum Gasteiger partial charge on any atom is -0.489 e. The summed E-state index contributed by atoms with van der Waals surface area (Å²) in [7, 11) is 0. The van der Waals surface area contributed by atoms with E-state index < -0.39 is 12.0 Å². The highest BCUT2D eigenvalue weighted by molar-refractivity contribution is 9.10. The Morgan fingerprint density at radius 3 is 2.81 bits per heavy atom. The fourth-order valence-electron chi connectivity index (χ4n) is 3.63. The minimum absolute atomic E-state index is 0.333. The molecule has 3 aromatic rings. The smallest absolute Gasteiger partial charge is 0.338 e. The van der Waals surface area contributed by atoms with Crippen LogP contribution in [-0.4, -0.2) is 32.8 Å². The van der Waals surface area contributed by atoms with Crippen LogP contribution in [0.2, 0.25) is 0 Å². The van der Waals surface area contributed by atoms with Gasteiger partial charge in [-0.3, -0.25) is 0 Å². The van der Waals surface area contributed by atoms with E-state index in [2.05, 4.69) is 49.8 Å². The Kier molecular flexibility index (Phi) is 6.55. The highest BCUT2D eigenvalue weighted by atomic mass is 79.9. The van der Waals surface area contributed by atoms with Gasteiger partial charge in [0.2, 0.25) is 5.95 Å². The van der Waals surface area contributed by atoms with Crippen molar-refractivity contribution in [2.24, 2.45) is 0 Å². The average molecular weight is 498 g/mol. The molecule has 1 aromatic heterocycles. The van der Waals surface area contributed by atoms with E-state index in [0.717, 1.165) is 27.6 Å². The first-order chi connectivity index (χ1) is 15.5. The summed E-state index contributed by atoms with van der Waals surface area (Å²) in [5.41, 5.74) is 4.07. The van der Waals surface area contributed by atoms with Gasteiger partial charge in [0.25, 0.3) is 0 Å². The quantitative estimate of drug-likeness (QED) is 0.478. The van der Waals surface area contributed by atoms with Crippen molar-refractivity contribution in [2.75, 3.05) is 11.9 Å². The second-order valence-corrected chi connectivity index (χ2v) is 8.46. The molecule has 1 N–H and O–H groups in total. The van der Waals surface area contributed by atoms with Crippen molar-refractivity contribution < 1.29 is 14.3 Å². The summed E-state index contributed by atoms with van der Waals surface area (Å²) < 4.78 is 14.2. The van der Waals surface area contributed by atoms with Gasteiger partial charge in [0.1, 0.15) is 18.4 Å². The summed E-state index contributed by atoms with van der Waals surface area (Å²) in [5.74, 6) is 0.676. The zero-order chi connectivity index (χ0) is 22.7. The fourth-order valence-corrected chi connectivity index (χ4v) is 4.01. The van der Waals surface area contributed by atoms with Crippen LogP contribution in [0, 0.1) is 6.92 Å². The second-order valence-electron chi connectivity index (χ2n) is 7.55. The number of nitrogens with zero attached hydrogens (tertiary/aromatic N) is 4. The minimum atomic E-state index is -0.602. The lowest BCUT2D eigenvalue weighted by Crippen LogP contribution is -2.30. The Morgan fingerprint density at radius 2 is 2.03 bits per heavy atom. The third-order valence-electron chi connectivity index (χ3n) is 5.28. The molecule has 166 valence electrons. The number of benzene rings is 2. The summed E-state index contributed by atoms with van der Waals surface area (Å²) >= 11 is 3.55. The van der Waals surface area contributed by atoms with Gasteiger partial charge < -0.3 is 14.8 Å². The highest BCUT2D eigenvalue weighted by Gasteiger charge is 2.36. The van der Waals surface area contributed by atoms with Gasteiger partial charge in [-0.05, 0) is 60.0 Å². The molecule has 32 heavy (non-hydrogen) atoms. The summed E-state index contributed by atoms with van der Waals surface area (Å²) in [5, 5.41) is 15.1. The predicted molar refractivity (Wildman–Crippen MR) is 123 cm³/mol. The van der Waals surface area contributed by atoms with E-state index in [9.17, 15) is 4.79 Å². The van der Waals surface area contributed by atoms with Gasteiger partial charge in [0.15, 0.2) is 0 Å². The lowest BCUT2D eigenvalue weighted by atomic mass is 9.95. The van der Waals surface area contributed by atoms with Crippen LogP contribution in [-0.2, 0) is 16.1 Å². The maximum atomic E-state index is 13.0. The maximum Gasteiger partial charge on any atom is 0.338 e. The first-order valence-corrected chi connectivity index (χ1v) is 11.2. The predicted octanol–water partition coefficient (Wildman–Crippen LogP) is 4.57. The number of hydrogen-bond donors (Lipinski definition) is 1. The summed E-state index contributed by atoms with van der Waals surface area (Å²) in [6.45, 7) is 6.55. The van der Waals surface area contributed by atoms with Crippen LogP contribution in [0.15, 0.2) is 58.2 Å². The van der Waals surface area contributed by atoms with E-state index in [-0.39, 0.29) is 0 Å². The molecule has 0 aliphatic carbocycles. The Hall–Kier alpha value is -3.20. The molecule has 0 bridgehead atoms. The van der Waals surface area contributed by atoms with Gasteiger partial charge in [-0.1, -0.05) is 52.2 Å². The number of carbonyl (C=O) groups is 1. The lowest BCUT2D eigenvalue weighted by molar-refractivity contribution is -0.139. The van der Waals surface area contributed by atoms with Crippen LogP contribution in [0.4, 0.5) is 5.95 Å². The van der Waals surface area contributed by atoms with Gasteiger partial charge in [0, 0.05) is 15.7 Å². The Labute approximate surface area is 194 Å². The molecule has 1 unspecified atom stereocenters. The van der Waals surface area contributed by atoms with Crippen LogP contribution >= 0.6 is 15.9 Å². The van der Waals surface area contributed by atoms with Crippen molar-refractivity contribution in [2.45, 2.75) is 39.8 Å². The monoisotopic (exact) mass is 497 g/mol. The standard InChI is InChI=1S/C23H24BrN5O3/c1-4-11-31-22(30)20-15(3)25-23-26-27-28-29(23)21(20)18-12-17(24)9-10-19(18)32-13-16-8-6-5-7-14(16)2/h5-10,12,21H,4,11,13H2,1-3H3,(H,25,26,28). The number of nitrogens with one attached hydrogen (secondary N) is 1. The van der Waals surface area contributed by atoms with Crippen LogP contribution in [0.25, 0.3) is 0 Å². The molecule has 2 heterocycles. The first-order valence-electron chi connectivity index (χ1n) is 10.4. The molecule has 9 heteroatoms. The number of ether oxygens (including phenoxy) is 2. The van der Waals surface area contributed by atoms with Crippen LogP contribution < -0.4 is 10.1 Å². The number of rotatable bonds is 7. The first kappa shape index (κ1) is 22.0. The molecule has 2 aromatic carbocycles. The number of anilines is 1. The number of aromatic nitrogens is 4. The molecule has 1 atom stereocenters. The molecule has 0 radical (unpaired) electrons. The Bertz CT molecular complexity index is 1170. The third kappa shape index (κ3) is 4.38. The van der Waals surface area contributed by atoms with Crippen molar-refractivity contribution in [1.82, 2.24) is 20.2 Å². The zero-order valence-electron chi connectivity index (χ0n) is 18.1. The number of carbonyl (C=O) groups excluding carboxylic acids is 1. The van der Waals surface area contributed by atoms with Crippen molar-refractivity contribution in [3.8, 4) is 5.75 Å². The van der Waals surface area contributed by atoms with Gasteiger partial charge >= 0.3 is 5.97 Å². The van der Waals surface area contributed by atoms with Crippen LogP contribution in [0.1, 0.15) is 43.0 Å². The van der Waals surface area contributed by atoms with E-state index in [1.54, 1.807) is 4.68 Å². The number of hydrogen-bond acceptors (Lipinski definition) is 7. The van der Waals surface area contributed by atoms with Gasteiger partial charge in [-0.15, -0.1) is 0 Å². The molecule has 0 saturated carbocycles. The molecular weight excluding hydrogens is 474 g/mol. The van der Waals surface area contributed by atoms with Crippen molar-refractivity contribution in [3.63, 3.8) is 0 Å². The van der Waals surface area contributed by atoms with Gasteiger partial charge in [-0.25, -0.2) is 4.79 Å². The van der Waals surface area contributed by atoms with E-state index >= 15 is 0 Å². The zero-order valence-corrected chi connectivity index (χ0v) is 19.7. The molecule has 0 spiro atoms. The second kappa shape index (κ2) is 9.52. The van der Waals surface area contributed by atoms with Gasteiger partial charge in [-0.2, -0.15) is 4.68 Å². The topological polar surface area (TPSA) is 91.2 Å². The van der Waals surface area contributed by atoms with Crippen molar-refractivity contribution in [1.29, 1.82) is 0 Å². The molecule has 0 amide bonds. The van der Waals surface area contributed by atoms with E-state index in [4.69, 9.17) is 9.47 Å². The highest BCUT2D eigenvalue weighted by Crippen LogP contribution is 2.40. The number of aryl methyl sites for hydroxylation is 1. The van der Waals surface area contributed by atoms with E-state index in [0.29, 0.717) is 36.2 Å². The van der Waals surface area contributed by atoms with Crippen molar-refractivity contribution >= 4 is 27.8 Å². The van der Waals surface area contributed by atoms with Crippen LogP contribution in [0.5, 0.6) is 5.75 Å². The number of fused-ring (bicyclic) bond motifs is 1. The molecule has 0 saturated heterocycles. The number of allylic oxidation sites excluding steroid dienone is 1. The van der Waals surface area contributed by atoms with Crippen molar-refractivity contribution in [3.05, 3.63) is 74.9 Å². The molecule has 0 fully saturated rings. The summed E-state index contributed by atoms with van der Waals surface area (Å²) in [4.78, 5) is 13.0. The third-order valence-corrected chi connectivity index (χ3v) is 5.78. The van der Waals surface area contributed by atoms with E-state index in [1.165, 1.54) is 0 Å². The lowest BCUT2D eigenvalue weighted by Gasteiger charge is -2.28. The SMILES string of the molecule is CCCOC(=O)C1=C(C)Nc2nnnn2C1c1cc(Br)ccc1OCc1ccccc1C. The fraction of sp³-hybridized carbons (Fsp3) is 0.304. The number of halogens is 1. The summed E-state index contributed by atoms with van der Waals surface area (Å²) in [6, 6.07) is 13.2. The Morgan fingerprint density at radius 1 is 1.22 bits per heavy atom. The normalized spacial score (nSPS) is 15.2. The number of tetrazole rings is 1. The number of esters is 1. The molecule has 1 aliphatic heterocycles. The molecule has 8 nitrogen and oxygen atoms in total. The summed E-state index contributed by atoms with van der Waals surface area (Å²) in [6.07, 6.45) is 0.730. The molecule has 4 rings (SSSR count). The molecule has 1 aliphatic rings. The van der Waals surface area contributed by atoms with Crippen LogP contribution in [0.3, 0.4) is 0 Å². The largest absolute Gasteiger partial charge is 0.489 e. The molecular formula is C23H24BrN5O3. The Balaban J connectivity index is 1.77. The maximum absolute atomic E-state index is 13.0.